The van der Waals surface area contributed by atoms with E-state index in [1.165, 1.54) is 0 Å². The Morgan fingerprint density at radius 1 is 1.29 bits per heavy atom. The smallest absolute Gasteiger partial charge is 0.316 e. The minimum absolute atomic E-state index is 0.153. The highest BCUT2D eigenvalue weighted by molar-refractivity contribution is 5.86. The average Bonchev–Trinajstić information content (AvgIpc) is 3.11. The summed E-state index contributed by atoms with van der Waals surface area (Å²) in [4.78, 5) is 12.0. The quantitative estimate of drug-likeness (QED) is 0.477. The number of anilines is 1. The van der Waals surface area contributed by atoms with Gasteiger partial charge in [0.1, 0.15) is 6.61 Å². The Hall–Kier alpha value is -1.55. The predicted molar refractivity (Wildman–Crippen MR) is 64.6 cm³/mol. The van der Waals surface area contributed by atoms with E-state index in [0.29, 0.717) is 18.9 Å². The molecule has 2 rings (SSSR count). The Labute approximate surface area is 101 Å². The molecule has 0 spiro atoms. The second-order valence-electron chi connectivity index (χ2n) is 4.33. The molecule has 0 aromatic heterocycles. The number of hydrogen-bond acceptors (Lipinski definition) is 4. The standard InChI is InChI=1S/C13H17NO3/c1-16-8-9-17-12(15)13(6-7-13)10-2-4-11(14)5-3-10/h2-5H,6-9,14H2,1H3. The summed E-state index contributed by atoms with van der Waals surface area (Å²) in [5.41, 5.74) is 6.90. The lowest BCUT2D eigenvalue weighted by atomic mass is 9.96. The normalized spacial score (nSPS) is 16.5. The number of benzene rings is 1. The van der Waals surface area contributed by atoms with Crippen LogP contribution in [0.25, 0.3) is 0 Å². The summed E-state index contributed by atoms with van der Waals surface area (Å²) in [6.45, 7) is 0.746. The molecule has 0 atom stereocenters. The highest BCUT2D eigenvalue weighted by atomic mass is 16.6. The number of ether oxygens (including phenoxy) is 2. The third kappa shape index (κ3) is 2.42. The van der Waals surface area contributed by atoms with E-state index < -0.39 is 5.41 Å². The maximum Gasteiger partial charge on any atom is 0.316 e. The highest BCUT2D eigenvalue weighted by Gasteiger charge is 2.52. The van der Waals surface area contributed by atoms with Gasteiger partial charge in [0, 0.05) is 12.8 Å². The van der Waals surface area contributed by atoms with Crippen molar-refractivity contribution in [1.29, 1.82) is 0 Å². The SMILES string of the molecule is COCCOC(=O)C1(c2ccc(N)cc2)CC1. The van der Waals surface area contributed by atoms with Gasteiger partial charge in [0.15, 0.2) is 0 Å². The number of methoxy groups -OCH3 is 1. The number of rotatable bonds is 5. The average molecular weight is 235 g/mol. The molecule has 1 saturated carbocycles. The Kier molecular flexibility index (Phi) is 3.33. The Bertz CT molecular complexity index is 396. The lowest BCUT2D eigenvalue weighted by molar-refractivity contribution is -0.148. The molecular weight excluding hydrogens is 218 g/mol. The first kappa shape index (κ1) is 11.9. The van der Waals surface area contributed by atoms with Crippen LogP contribution in [0.4, 0.5) is 5.69 Å². The summed E-state index contributed by atoms with van der Waals surface area (Å²) in [5, 5.41) is 0. The van der Waals surface area contributed by atoms with Crippen LogP contribution in [-0.4, -0.2) is 26.3 Å². The molecule has 0 heterocycles. The number of nitrogen functional groups attached to an aromatic ring is 1. The van der Waals surface area contributed by atoms with Gasteiger partial charge in [0.2, 0.25) is 0 Å². The third-order valence-electron chi connectivity index (χ3n) is 3.12. The van der Waals surface area contributed by atoms with Gasteiger partial charge in [0.05, 0.1) is 12.0 Å². The van der Waals surface area contributed by atoms with Crippen molar-refractivity contribution in [1.82, 2.24) is 0 Å². The Balaban J connectivity index is 2.03. The van der Waals surface area contributed by atoms with Gasteiger partial charge in [-0.15, -0.1) is 0 Å². The number of esters is 1. The number of carbonyl (C=O) groups excluding carboxylic acids is 1. The van der Waals surface area contributed by atoms with Gasteiger partial charge in [-0.3, -0.25) is 4.79 Å². The van der Waals surface area contributed by atoms with Crippen LogP contribution in [0.2, 0.25) is 0 Å². The predicted octanol–water partition coefficient (Wildman–Crippen LogP) is 1.49. The molecule has 0 unspecified atom stereocenters. The van der Waals surface area contributed by atoms with Crippen molar-refractivity contribution >= 4 is 11.7 Å². The van der Waals surface area contributed by atoms with Gasteiger partial charge in [-0.25, -0.2) is 0 Å². The van der Waals surface area contributed by atoms with Crippen molar-refractivity contribution < 1.29 is 14.3 Å². The summed E-state index contributed by atoms with van der Waals surface area (Å²) in [6, 6.07) is 7.44. The minimum atomic E-state index is -0.429. The maximum atomic E-state index is 12.0. The van der Waals surface area contributed by atoms with Crippen LogP contribution in [-0.2, 0) is 19.7 Å². The third-order valence-corrected chi connectivity index (χ3v) is 3.12. The summed E-state index contributed by atoms with van der Waals surface area (Å²) in [6.07, 6.45) is 1.70. The zero-order valence-corrected chi connectivity index (χ0v) is 9.94. The van der Waals surface area contributed by atoms with Crippen LogP contribution in [0.15, 0.2) is 24.3 Å². The summed E-state index contributed by atoms with van der Waals surface area (Å²) >= 11 is 0. The fourth-order valence-electron chi connectivity index (χ4n) is 1.89. The van der Waals surface area contributed by atoms with Crippen LogP contribution in [0.1, 0.15) is 18.4 Å². The first-order valence-electron chi connectivity index (χ1n) is 5.71. The van der Waals surface area contributed by atoms with E-state index in [1.54, 1.807) is 7.11 Å². The molecule has 0 saturated heterocycles. The van der Waals surface area contributed by atoms with Crippen molar-refractivity contribution in [2.75, 3.05) is 26.1 Å². The van der Waals surface area contributed by atoms with Crippen molar-refractivity contribution in [2.24, 2.45) is 0 Å². The summed E-state index contributed by atoms with van der Waals surface area (Å²) in [5.74, 6) is -0.153. The van der Waals surface area contributed by atoms with E-state index in [0.717, 1.165) is 18.4 Å². The summed E-state index contributed by atoms with van der Waals surface area (Å²) < 4.78 is 10.1. The van der Waals surface area contributed by atoms with E-state index in [-0.39, 0.29) is 5.97 Å². The second kappa shape index (κ2) is 4.75. The fourth-order valence-corrected chi connectivity index (χ4v) is 1.89. The number of hydrogen-bond donors (Lipinski definition) is 1. The molecule has 4 heteroatoms. The topological polar surface area (TPSA) is 61.5 Å². The molecule has 0 amide bonds. The molecule has 1 aliphatic carbocycles. The molecule has 1 aromatic carbocycles. The van der Waals surface area contributed by atoms with Crippen molar-refractivity contribution in [3.8, 4) is 0 Å². The molecule has 2 N–H and O–H groups in total. The molecular formula is C13H17NO3. The van der Waals surface area contributed by atoms with Crippen LogP contribution in [0, 0.1) is 0 Å². The lowest BCUT2D eigenvalue weighted by Crippen LogP contribution is -2.24. The van der Waals surface area contributed by atoms with E-state index in [2.05, 4.69) is 0 Å². The molecule has 1 aliphatic rings. The van der Waals surface area contributed by atoms with Crippen LogP contribution >= 0.6 is 0 Å². The van der Waals surface area contributed by atoms with E-state index in [4.69, 9.17) is 15.2 Å². The number of carbonyl (C=O) groups is 1. The molecule has 0 radical (unpaired) electrons. The van der Waals surface area contributed by atoms with E-state index in [9.17, 15) is 4.79 Å². The van der Waals surface area contributed by atoms with Gasteiger partial charge in [-0.1, -0.05) is 12.1 Å². The molecule has 0 bridgehead atoms. The largest absolute Gasteiger partial charge is 0.463 e. The first-order valence-corrected chi connectivity index (χ1v) is 5.71. The Morgan fingerprint density at radius 3 is 2.47 bits per heavy atom. The second-order valence-corrected chi connectivity index (χ2v) is 4.33. The summed E-state index contributed by atoms with van der Waals surface area (Å²) in [7, 11) is 1.58. The van der Waals surface area contributed by atoms with Gasteiger partial charge in [-0.05, 0) is 30.5 Å². The van der Waals surface area contributed by atoms with Crippen LogP contribution in [0.3, 0.4) is 0 Å². The molecule has 92 valence electrons. The lowest BCUT2D eigenvalue weighted by Gasteiger charge is -2.14. The van der Waals surface area contributed by atoms with Crippen LogP contribution in [0.5, 0.6) is 0 Å². The van der Waals surface area contributed by atoms with E-state index in [1.807, 2.05) is 24.3 Å². The van der Waals surface area contributed by atoms with Crippen molar-refractivity contribution in [3.63, 3.8) is 0 Å². The monoisotopic (exact) mass is 235 g/mol. The van der Waals surface area contributed by atoms with E-state index >= 15 is 0 Å². The Morgan fingerprint density at radius 2 is 1.94 bits per heavy atom. The molecule has 1 fully saturated rings. The minimum Gasteiger partial charge on any atom is -0.463 e. The molecule has 1 aromatic rings. The first-order chi connectivity index (χ1) is 8.19. The van der Waals surface area contributed by atoms with Crippen LogP contribution < -0.4 is 5.73 Å². The fraction of sp³-hybridized carbons (Fsp3) is 0.462. The van der Waals surface area contributed by atoms with Crippen molar-refractivity contribution in [2.45, 2.75) is 18.3 Å². The van der Waals surface area contributed by atoms with Crippen molar-refractivity contribution in [3.05, 3.63) is 29.8 Å². The zero-order chi connectivity index (χ0) is 12.3. The van der Waals surface area contributed by atoms with Gasteiger partial charge >= 0.3 is 5.97 Å². The number of nitrogens with two attached hydrogens (primary N) is 1. The molecule has 0 aliphatic heterocycles. The van der Waals surface area contributed by atoms with Gasteiger partial charge in [-0.2, -0.15) is 0 Å². The molecule has 4 nitrogen and oxygen atoms in total. The highest BCUT2D eigenvalue weighted by Crippen LogP contribution is 2.49. The van der Waals surface area contributed by atoms with Gasteiger partial charge in [0.25, 0.3) is 0 Å². The van der Waals surface area contributed by atoms with Gasteiger partial charge < -0.3 is 15.2 Å². The zero-order valence-electron chi connectivity index (χ0n) is 9.94. The molecule has 17 heavy (non-hydrogen) atoms. The maximum absolute atomic E-state index is 12.0.